The molecule has 2 aromatic rings. The summed E-state index contributed by atoms with van der Waals surface area (Å²) in [4.78, 5) is 11.9. The lowest BCUT2D eigenvalue weighted by Crippen LogP contribution is -2.28. The van der Waals surface area contributed by atoms with E-state index in [1.807, 2.05) is 18.4 Å². The average molecular weight is 372 g/mol. The molecule has 5 heteroatoms. The maximum Gasteiger partial charge on any atom is 0.337 e. The summed E-state index contributed by atoms with van der Waals surface area (Å²) in [6.07, 6.45) is 7.34. The Morgan fingerprint density at radius 1 is 1.15 bits per heavy atom. The van der Waals surface area contributed by atoms with Gasteiger partial charge in [0.2, 0.25) is 0 Å². The molecular formula is C22H29FN2O2. The standard InChI is InChI=1S/C22H29FN2O2/c1-15-19(13-24-18-10-5-3-4-6-11-18)21(22(26)27)16(2)25(15)14-17-9-7-8-12-20(17)23/h7-9,12,18,24H,3-6,10-11,13-14H2,1-2H3,(H,26,27). The first-order valence-corrected chi connectivity index (χ1v) is 9.87. The molecule has 1 fully saturated rings. The Balaban J connectivity index is 1.86. The summed E-state index contributed by atoms with van der Waals surface area (Å²) in [5.74, 6) is -1.18. The van der Waals surface area contributed by atoms with E-state index in [1.54, 1.807) is 18.2 Å². The van der Waals surface area contributed by atoms with Crippen LogP contribution in [0.4, 0.5) is 4.39 Å². The molecule has 0 atom stereocenters. The van der Waals surface area contributed by atoms with Crippen molar-refractivity contribution in [1.82, 2.24) is 9.88 Å². The molecule has 146 valence electrons. The summed E-state index contributed by atoms with van der Waals surface area (Å²) < 4.78 is 16.0. The van der Waals surface area contributed by atoms with Crippen molar-refractivity contribution in [2.24, 2.45) is 0 Å². The Morgan fingerprint density at radius 3 is 2.44 bits per heavy atom. The van der Waals surface area contributed by atoms with E-state index in [4.69, 9.17) is 0 Å². The highest BCUT2D eigenvalue weighted by Gasteiger charge is 2.24. The van der Waals surface area contributed by atoms with Gasteiger partial charge in [-0.25, -0.2) is 9.18 Å². The second kappa shape index (κ2) is 8.70. The molecule has 3 rings (SSSR count). The normalized spacial score (nSPS) is 15.7. The lowest BCUT2D eigenvalue weighted by Gasteiger charge is -2.17. The van der Waals surface area contributed by atoms with Gasteiger partial charge in [-0.2, -0.15) is 0 Å². The van der Waals surface area contributed by atoms with Crippen LogP contribution >= 0.6 is 0 Å². The Kier molecular flexibility index (Phi) is 6.32. The highest BCUT2D eigenvalue weighted by molar-refractivity contribution is 5.91. The topological polar surface area (TPSA) is 54.3 Å². The minimum absolute atomic E-state index is 0.264. The molecule has 0 aliphatic heterocycles. The van der Waals surface area contributed by atoms with Gasteiger partial charge in [0, 0.05) is 35.1 Å². The van der Waals surface area contributed by atoms with Crippen molar-refractivity contribution in [3.8, 4) is 0 Å². The predicted molar refractivity (Wildman–Crippen MR) is 105 cm³/mol. The number of carbonyl (C=O) groups is 1. The van der Waals surface area contributed by atoms with E-state index in [9.17, 15) is 14.3 Å². The third-order valence-corrected chi connectivity index (χ3v) is 5.83. The minimum atomic E-state index is -0.916. The van der Waals surface area contributed by atoms with Crippen LogP contribution in [0, 0.1) is 19.7 Å². The van der Waals surface area contributed by atoms with Gasteiger partial charge in [-0.3, -0.25) is 0 Å². The van der Waals surface area contributed by atoms with E-state index in [-0.39, 0.29) is 5.82 Å². The second-order valence-electron chi connectivity index (χ2n) is 7.58. The molecular weight excluding hydrogens is 343 g/mol. The number of carboxylic acids is 1. The van der Waals surface area contributed by atoms with E-state index in [1.165, 1.54) is 31.7 Å². The number of aromatic carboxylic acids is 1. The Morgan fingerprint density at radius 2 is 1.81 bits per heavy atom. The lowest BCUT2D eigenvalue weighted by molar-refractivity contribution is 0.0694. The first-order valence-electron chi connectivity index (χ1n) is 9.87. The number of hydrogen-bond acceptors (Lipinski definition) is 2. The summed E-state index contributed by atoms with van der Waals surface area (Å²) in [6.45, 7) is 4.63. The maximum atomic E-state index is 14.1. The predicted octanol–water partition coefficient (Wildman–Crippen LogP) is 4.80. The molecule has 0 amide bonds. The van der Waals surface area contributed by atoms with Gasteiger partial charge in [0.15, 0.2) is 0 Å². The van der Waals surface area contributed by atoms with Crippen LogP contribution in [0.5, 0.6) is 0 Å². The number of rotatable bonds is 6. The van der Waals surface area contributed by atoms with Gasteiger partial charge in [-0.15, -0.1) is 0 Å². The van der Waals surface area contributed by atoms with Crippen molar-refractivity contribution in [1.29, 1.82) is 0 Å². The Hall–Kier alpha value is -2.14. The first-order chi connectivity index (χ1) is 13.0. The molecule has 27 heavy (non-hydrogen) atoms. The summed E-state index contributed by atoms with van der Waals surface area (Å²) in [5, 5.41) is 13.4. The number of hydrogen-bond donors (Lipinski definition) is 2. The average Bonchev–Trinajstić information content (AvgIpc) is 2.82. The summed E-state index contributed by atoms with van der Waals surface area (Å²) in [6, 6.07) is 7.11. The molecule has 2 N–H and O–H groups in total. The number of nitrogens with one attached hydrogen (secondary N) is 1. The number of nitrogens with zero attached hydrogens (tertiary/aromatic N) is 1. The second-order valence-corrected chi connectivity index (χ2v) is 7.58. The van der Waals surface area contributed by atoms with Crippen LogP contribution in [-0.2, 0) is 13.1 Å². The van der Waals surface area contributed by atoms with Crippen molar-refractivity contribution in [2.45, 2.75) is 71.5 Å². The fourth-order valence-corrected chi connectivity index (χ4v) is 4.21. The van der Waals surface area contributed by atoms with Crippen LogP contribution in [0.25, 0.3) is 0 Å². The molecule has 1 aromatic carbocycles. The molecule has 0 spiro atoms. The molecule has 0 unspecified atom stereocenters. The molecule has 4 nitrogen and oxygen atoms in total. The molecule has 0 bridgehead atoms. The molecule has 1 aliphatic carbocycles. The SMILES string of the molecule is Cc1c(CNC2CCCCCC2)c(C(=O)O)c(C)n1Cc1ccccc1F. The van der Waals surface area contributed by atoms with Gasteiger partial charge in [0.25, 0.3) is 0 Å². The smallest absolute Gasteiger partial charge is 0.337 e. The lowest BCUT2D eigenvalue weighted by atomic mass is 10.1. The van der Waals surface area contributed by atoms with E-state index in [0.29, 0.717) is 36.0 Å². The van der Waals surface area contributed by atoms with Crippen molar-refractivity contribution < 1.29 is 14.3 Å². The van der Waals surface area contributed by atoms with Crippen LogP contribution in [0.3, 0.4) is 0 Å². The van der Waals surface area contributed by atoms with Crippen LogP contribution < -0.4 is 5.32 Å². The number of carboxylic acid groups (broad SMARTS) is 1. The minimum Gasteiger partial charge on any atom is -0.478 e. The molecule has 1 aromatic heterocycles. The third-order valence-electron chi connectivity index (χ3n) is 5.83. The quantitative estimate of drug-likeness (QED) is 0.716. The third kappa shape index (κ3) is 4.41. The summed E-state index contributed by atoms with van der Waals surface area (Å²) >= 11 is 0. The zero-order chi connectivity index (χ0) is 19.4. The zero-order valence-electron chi connectivity index (χ0n) is 16.2. The van der Waals surface area contributed by atoms with Crippen LogP contribution in [0.15, 0.2) is 24.3 Å². The van der Waals surface area contributed by atoms with Gasteiger partial charge >= 0.3 is 5.97 Å². The fraction of sp³-hybridized carbons (Fsp3) is 0.500. The van der Waals surface area contributed by atoms with E-state index in [2.05, 4.69) is 5.32 Å². The van der Waals surface area contributed by atoms with E-state index < -0.39 is 5.97 Å². The van der Waals surface area contributed by atoms with Gasteiger partial charge < -0.3 is 15.0 Å². The highest BCUT2D eigenvalue weighted by Crippen LogP contribution is 2.25. The van der Waals surface area contributed by atoms with Gasteiger partial charge in [0.1, 0.15) is 5.82 Å². The maximum absolute atomic E-state index is 14.1. The zero-order valence-corrected chi connectivity index (χ0v) is 16.2. The highest BCUT2D eigenvalue weighted by atomic mass is 19.1. The van der Waals surface area contributed by atoms with Gasteiger partial charge in [-0.1, -0.05) is 43.9 Å². The first kappa shape index (κ1) is 19.6. The molecule has 1 aliphatic rings. The largest absolute Gasteiger partial charge is 0.478 e. The summed E-state index contributed by atoms with van der Waals surface area (Å²) in [7, 11) is 0. The number of halogens is 1. The van der Waals surface area contributed by atoms with E-state index >= 15 is 0 Å². The van der Waals surface area contributed by atoms with Crippen molar-refractivity contribution in [2.75, 3.05) is 0 Å². The Labute approximate surface area is 160 Å². The van der Waals surface area contributed by atoms with Crippen LogP contribution in [-0.4, -0.2) is 21.7 Å². The van der Waals surface area contributed by atoms with E-state index in [0.717, 1.165) is 24.1 Å². The fourth-order valence-electron chi connectivity index (χ4n) is 4.21. The molecule has 0 saturated heterocycles. The van der Waals surface area contributed by atoms with Crippen LogP contribution in [0.1, 0.15) is 71.4 Å². The van der Waals surface area contributed by atoms with Gasteiger partial charge in [-0.05, 0) is 32.8 Å². The Bertz CT molecular complexity index is 805. The monoisotopic (exact) mass is 372 g/mol. The van der Waals surface area contributed by atoms with Gasteiger partial charge in [0.05, 0.1) is 12.1 Å². The molecule has 0 radical (unpaired) electrons. The van der Waals surface area contributed by atoms with Crippen molar-refractivity contribution >= 4 is 5.97 Å². The molecule has 1 heterocycles. The summed E-state index contributed by atoms with van der Waals surface area (Å²) in [5.41, 5.74) is 3.32. The molecule has 1 saturated carbocycles. The number of aromatic nitrogens is 1. The van der Waals surface area contributed by atoms with Crippen molar-refractivity contribution in [3.05, 3.63) is 58.2 Å². The number of benzene rings is 1. The van der Waals surface area contributed by atoms with Crippen molar-refractivity contribution in [3.63, 3.8) is 0 Å². The van der Waals surface area contributed by atoms with Crippen LogP contribution in [0.2, 0.25) is 0 Å².